The summed E-state index contributed by atoms with van der Waals surface area (Å²) in [6.45, 7) is 1.57. The SMILES string of the molecule is CCC1=C([C@H](O)CC/C(=C/c2ccc(CO)o2)c2ccccc2)[C@H](CO)[C@@H]2C(=O)N(C3CCCCC3)C(=O)[C@@H]2C1. The third-order valence-electron chi connectivity index (χ3n) is 9.13. The van der Waals surface area contributed by atoms with Gasteiger partial charge in [0.05, 0.1) is 24.5 Å². The quantitative estimate of drug-likeness (QED) is 0.282. The summed E-state index contributed by atoms with van der Waals surface area (Å²) in [7, 11) is 0. The number of aliphatic hydroxyl groups excluding tert-OH is 3. The molecule has 4 atom stereocenters. The lowest BCUT2D eigenvalue weighted by Crippen LogP contribution is -2.42. The van der Waals surface area contributed by atoms with Crippen LogP contribution < -0.4 is 0 Å². The molecule has 2 heterocycles. The molecule has 0 bridgehead atoms. The van der Waals surface area contributed by atoms with Gasteiger partial charge in [0, 0.05) is 12.0 Å². The number of rotatable bonds is 10. The number of likely N-dealkylation sites (tertiary alicyclic amines) is 1. The summed E-state index contributed by atoms with van der Waals surface area (Å²) < 4.78 is 5.70. The Morgan fingerprint density at radius 1 is 1.05 bits per heavy atom. The third kappa shape index (κ3) is 5.60. The van der Waals surface area contributed by atoms with E-state index in [0.717, 1.165) is 54.4 Å². The molecular formula is C33H41NO6. The van der Waals surface area contributed by atoms with Gasteiger partial charge in [-0.1, -0.05) is 62.1 Å². The van der Waals surface area contributed by atoms with Crippen LogP contribution in [0.15, 0.2) is 58.0 Å². The van der Waals surface area contributed by atoms with E-state index in [9.17, 15) is 24.9 Å². The van der Waals surface area contributed by atoms with Crippen LogP contribution in [0.3, 0.4) is 0 Å². The molecule has 1 aliphatic heterocycles. The zero-order valence-electron chi connectivity index (χ0n) is 23.3. The van der Waals surface area contributed by atoms with Crippen LogP contribution in [0.5, 0.6) is 0 Å². The second-order valence-corrected chi connectivity index (χ2v) is 11.4. The summed E-state index contributed by atoms with van der Waals surface area (Å²) in [5.74, 6) is -0.761. The lowest BCUT2D eigenvalue weighted by atomic mass is 9.67. The average molecular weight is 548 g/mol. The van der Waals surface area contributed by atoms with E-state index in [1.807, 2.05) is 49.4 Å². The summed E-state index contributed by atoms with van der Waals surface area (Å²) in [6.07, 6.45) is 8.04. The molecule has 0 radical (unpaired) electrons. The van der Waals surface area contributed by atoms with Gasteiger partial charge in [0.25, 0.3) is 0 Å². The van der Waals surface area contributed by atoms with E-state index in [4.69, 9.17) is 4.42 Å². The van der Waals surface area contributed by atoms with E-state index in [1.165, 1.54) is 4.90 Å². The monoisotopic (exact) mass is 547 g/mol. The van der Waals surface area contributed by atoms with Crippen LogP contribution >= 0.6 is 0 Å². The smallest absolute Gasteiger partial charge is 0.234 e. The van der Waals surface area contributed by atoms with Crippen molar-refractivity contribution in [3.8, 4) is 0 Å². The van der Waals surface area contributed by atoms with Crippen LogP contribution in [0.25, 0.3) is 11.6 Å². The molecule has 1 saturated carbocycles. The first-order chi connectivity index (χ1) is 19.5. The van der Waals surface area contributed by atoms with Crippen LogP contribution in [-0.2, 0) is 16.2 Å². The second kappa shape index (κ2) is 12.7. The molecule has 1 aromatic heterocycles. The summed E-state index contributed by atoms with van der Waals surface area (Å²) >= 11 is 0. The first-order valence-corrected chi connectivity index (χ1v) is 14.8. The van der Waals surface area contributed by atoms with Crippen LogP contribution in [0.1, 0.15) is 81.8 Å². The summed E-state index contributed by atoms with van der Waals surface area (Å²) in [5, 5.41) is 31.6. The third-order valence-corrected chi connectivity index (χ3v) is 9.13. The molecule has 2 aromatic rings. The fourth-order valence-corrected chi connectivity index (χ4v) is 7.15. The van der Waals surface area contributed by atoms with Gasteiger partial charge in [-0.2, -0.15) is 0 Å². The van der Waals surface area contributed by atoms with Gasteiger partial charge >= 0.3 is 0 Å². The Bertz CT molecular complexity index is 1250. The maximum absolute atomic E-state index is 13.7. The number of hydrogen-bond acceptors (Lipinski definition) is 6. The highest BCUT2D eigenvalue weighted by molar-refractivity contribution is 6.06. The summed E-state index contributed by atoms with van der Waals surface area (Å²) in [6, 6.07) is 13.4. The Morgan fingerprint density at radius 2 is 1.80 bits per heavy atom. The highest BCUT2D eigenvalue weighted by Crippen LogP contribution is 2.48. The Hall–Kier alpha value is -3.00. The Kier molecular flexibility index (Phi) is 9.03. The minimum absolute atomic E-state index is 0.0383. The molecule has 0 unspecified atom stereocenters. The number of fused-ring (bicyclic) bond motifs is 1. The van der Waals surface area contributed by atoms with Gasteiger partial charge in [-0.05, 0) is 73.4 Å². The van der Waals surface area contributed by atoms with E-state index in [2.05, 4.69) is 0 Å². The molecule has 40 heavy (non-hydrogen) atoms. The molecule has 2 aliphatic carbocycles. The maximum Gasteiger partial charge on any atom is 0.234 e. The molecule has 2 amide bonds. The Morgan fingerprint density at radius 3 is 2.45 bits per heavy atom. The summed E-state index contributed by atoms with van der Waals surface area (Å²) in [5.41, 5.74) is 3.71. The van der Waals surface area contributed by atoms with Gasteiger partial charge in [0.15, 0.2) is 0 Å². The standard InChI is InChI=1S/C33H41NO6/c1-2-21-18-27-31(33(39)34(32(27)38)24-11-7-4-8-12-24)28(20-36)30(21)29(37)16-13-23(22-9-5-3-6-10-22)17-25-14-15-26(19-35)40-25/h3,5-6,9-10,14-15,17,24,27-29,31,35-37H,2,4,7-8,11-13,16,18-20H2,1H3/b23-17-/t27-,28+,29-,31-/m1/s1. The number of imide groups is 1. The van der Waals surface area contributed by atoms with Gasteiger partial charge in [-0.3, -0.25) is 14.5 Å². The topological polar surface area (TPSA) is 111 Å². The number of hydrogen-bond donors (Lipinski definition) is 3. The van der Waals surface area contributed by atoms with Crippen molar-refractivity contribution in [2.45, 2.75) is 83.5 Å². The van der Waals surface area contributed by atoms with Crippen molar-refractivity contribution in [2.24, 2.45) is 17.8 Å². The van der Waals surface area contributed by atoms with Crippen molar-refractivity contribution in [3.05, 3.63) is 70.7 Å². The van der Waals surface area contributed by atoms with Gasteiger partial charge < -0.3 is 19.7 Å². The lowest BCUT2D eigenvalue weighted by Gasteiger charge is -2.36. The maximum atomic E-state index is 13.7. The summed E-state index contributed by atoms with van der Waals surface area (Å²) in [4.78, 5) is 28.8. The van der Waals surface area contributed by atoms with Crippen molar-refractivity contribution in [3.63, 3.8) is 0 Å². The number of benzene rings is 1. The minimum Gasteiger partial charge on any atom is -0.459 e. The van der Waals surface area contributed by atoms with Crippen molar-refractivity contribution < 1.29 is 29.3 Å². The first kappa shape index (κ1) is 28.5. The fraction of sp³-hybridized carbons (Fsp3) is 0.515. The van der Waals surface area contributed by atoms with Crippen LogP contribution in [-0.4, -0.2) is 50.8 Å². The van der Waals surface area contributed by atoms with Gasteiger partial charge in [0.2, 0.25) is 11.8 Å². The minimum atomic E-state index is -0.851. The Balaban J connectivity index is 1.39. The number of amides is 2. The fourth-order valence-electron chi connectivity index (χ4n) is 7.15. The van der Waals surface area contributed by atoms with Crippen LogP contribution in [0.2, 0.25) is 0 Å². The van der Waals surface area contributed by atoms with Gasteiger partial charge in [-0.25, -0.2) is 0 Å². The molecule has 0 spiro atoms. The molecule has 7 heteroatoms. The van der Waals surface area contributed by atoms with E-state index < -0.39 is 23.9 Å². The molecule has 5 rings (SSSR count). The molecule has 214 valence electrons. The highest BCUT2D eigenvalue weighted by atomic mass is 16.4. The molecule has 7 nitrogen and oxygen atoms in total. The zero-order chi connectivity index (χ0) is 28.2. The van der Waals surface area contributed by atoms with Crippen molar-refractivity contribution in [1.29, 1.82) is 0 Å². The highest BCUT2D eigenvalue weighted by Gasteiger charge is 2.56. The number of aliphatic hydroxyl groups is 3. The molecule has 3 aliphatic rings. The Labute approximate surface area is 236 Å². The molecule has 2 fully saturated rings. The zero-order valence-corrected chi connectivity index (χ0v) is 23.3. The second-order valence-electron chi connectivity index (χ2n) is 11.4. The van der Waals surface area contributed by atoms with Crippen LogP contribution in [0, 0.1) is 17.8 Å². The van der Waals surface area contributed by atoms with E-state index in [-0.39, 0.29) is 31.1 Å². The number of allylic oxidation sites excluding steroid dienone is 2. The predicted octanol–water partition coefficient (Wildman–Crippen LogP) is 5.11. The van der Waals surface area contributed by atoms with E-state index in [0.29, 0.717) is 37.2 Å². The largest absolute Gasteiger partial charge is 0.459 e. The van der Waals surface area contributed by atoms with Crippen molar-refractivity contribution >= 4 is 23.5 Å². The lowest BCUT2D eigenvalue weighted by molar-refractivity contribution is -0.143. The van der Waals surface area contributed by atoms with E-state index in [1.54, 1.807) is 6.07 Å². The first-order valence-electron chi connectivity index (χ1n) is 14.8. The predicted molar refractivity (Wildman–Crippen MR) is 152 cm³/mol. The van der Waals surface area contributed by atoms with Gasteiger partial charge in [-0.15, -0.1) is 0 Å². The molecule has 1 aromatic carbocycles. The van der Waals surface area contributed by atoms with E-state index >= 15 is 0 Å². The number of furan rings is 1. The number of carbonyl (C=O) groups excluding carboxylic acids is 2. The molecular weight excluding hydrogens is 506 g/mol. The molecule has 1 saturated heterocycles. The number of nitrogens with zero attached hydrogens (tertiary/aromatic N) is 1. The van der Waals surface area contributed by atoms with Crippen molar-refractivity contribution in [2.75, 3.05) is 6.61 Å². The van der Waals surface area contributed by atoms with Crippen LogP contribution in [0.4, 0.5) is 0 Å². The van der Waals surface area contributed by atoms with Crippen molar-refractivity contribution in [1.82, 2.24) is 4.90 Å². The average Bonchev–Trinajstić information content (AvgIpc) is 3.56. The van der Waals surface area contributed by atoms with Gasteiger partial charge in [0.1, 0.15) is 18.1 Å². The number of carbonyl (C=O) groups is 2. The molecule has 3 N–H and O–H groups in total. The normalized spacial score (nSPS) is 25.1.